The van der Waals surface area contributed by atoms with Gasteiger partial charge in [-0.25, -0.2) is 0 Å². The number of ketones is 2. The molecule has 4 aliphatic rings. The number of carbonyl (C=O) groups excluding carboxylic acids is 2. The first-order valence-corrected chi connectivity index (χ1v) is 11.2. The Hall–Kier alpha value is -2.13. The van der Waals surface area contributed by atoms with E-state index in [2.05, 4.69) is 4.90 Å². The van der Waals surface area contributed by atoms with Crippen LogP contribution in [0.1, 0.15) is 49.7 Å². The maximum atomic E-state index is 13.0. The lowest BCUT2D eigenvalue weighted by Crippen LogP contribution is -2.65. The van der Waals surface area contributed by atoms with Crippen molar-refractivity contribution in [2.24, 2.45) is 5.92 Å². The number of aromatic hydroxyl groups is 1. The number of nitrogens with zero attached hydrogens (tertiary/aromatic N) is 1. The molecular weight excluding hydrogens is 427 g/mol. The van der Waals surface area contributed by atoms with Crippen molar-refractivity contribution < 1.29 is 37.3 Å². The number of halogens is 3. The van der Waals surface area contributed by atoms with Gasteiger partial charge in [0.2, 0.25) is 0 Å². The standard InChI is InChI=1S/C23H26F3NO5/c1-2-27(10-12-3-4-12)16-9-13-5-6-14(28)20-18(13)19-21(32-20)15(29)7-8-22(16,19)31-11-17(30)23(24,25)26/h5-6,12,16,19,21,28H,2-4,7-11H2,1H3/t16-,19?,21?,22?/m1/s1. The van der Waals surface area contributed by atoms with Crippen molar-refractivity contribution in [3.05, 3.63) is 23.3 Å². The monoisotopic (exact) mass is 453 g/mol. The minimum atomic E-state index is -4.99. The van der Waals surface area contributed by atoms with E-state index < -0.39 is 36.2 Å². The molecule has 0 bridgehead atoms. The van der Waals surface area contributed by atoms with E-state index in [1.54, 1.807) is 6.07 Å². The molecule has 0 aromatic heterocycles. The Morgan fingerprint density at radius 1 is 1.34 bits per heavy atom. The predicted molar refractivity (Wildman–Crippen MR) is 107 cm³/mol. The minimum absolute atomic E-state index is 0.0863. The number of phenolic OH excluding ortho intramolecular Hbond substituents is 1. The topological polar surface area (TPSA) is 76.1 Å². The molecule has 1 N–H and O–H groups in total. The number of benzene rings is 1. The first-order valence-electron chi connectivity index (χ1n) is 11.2. The van der Waals surface area contributed by atoms with Crippen LogP contribution in [0, 0.1) is 5.92 Å². The molecule has 5 rings (SSSR count). The highest BCUT2D eigenvalue weighted by molar-refractivity contribution is 5.88. The molecule has 1 heterocycles. The van der Waals surface area contributed by atoms with Gasteiger partial charge in [-0.1, -0.05) is 13.0 Å². The zero-order valence-electron chi connectivity index (χ0n) is 17.8. The summed E-state index contributed by atoms with van der Waals surface area (Å²) in [7, 11) is 0. The Morgan fingerprint density at radius 3 is 2.75 bits per heavy atom. The van der Waals surface area contributed by atoms with Crippen LogP contribution in [0.4, 0.5) is 13.2 Å². The van der Waals surface area contributed by atoms with Crippen molar-refractivity contribution >= 4 is 11.6 Å². The molecule has 0 saturated heterocycles. The number of hydrogen-bond acceptors (Lipinski definition) is 6. The van der Waals surface area contributed by atoms with Gasteiger partial charge in [0.05, 0.1) is 11.5 Å². The van der Waals surface area contributed by atoms with Crippen molar-refractivity contribution in [1.29, 1.82) is 0 Å². The molecule has 0 spiro atoms. The second-order valence-corrected chi connectivity index (χ2v) is 9.38. The van der Waals surface area contributed by atoms with Crippen LogP contribution in [-0.4, -0.2) is 65.2 Å². The molecule has 32 heavy (non-hydrogen) atoms. The molecule has 2 saturated carbocycles. The number of ether oxygens (including phenoxy) is 2. The van der Waals surface area contributed by atoms with Gasteiger partial charge in [0.1, 0.15) is 6.61 Å². The third kappa shape index (κ3) is 3.32. The second-order valence-electron chi connectivity index (χ2n) is 9.38. The number of alkyl halides is 3. The van der Waals surface area contributed by atoms with E-state index >= 15 is 0 Å². The maximum absolute atomic E-state index is 13.0. The van der Waals surface area contributed by atoms with Gasteiger partial charge in [-0.2, -0.15) is 13.2 Å². The Bertz CT molecular complexity index is 960. The summed E-state index contributed by atoms with van der Waals surface area (Å²) in [6, 6.07) is 3.02. The lowest BCUT2D eigenvalue weighted by molar-refractivity contribution is -0.193. The molecule has 174 valence electrons. The summed E-state index contributed by atoms with van der Waals surface area (Å²) < 4.78 is 50.9. The second kappa shape index (κ2) is 7.45. The Balaban J connectivity index is 1.61. The Kier molecular flexibility index (Phi) is 5.05. The zero-order chi connectivity index (χ0) is 22.8. The van der Waals surface area contributed by atoms with E-state index in [1.807, 2.05) is 6.92 Å². The highest BCUT2D eigenvalue weighted by atomic mass is 19.4. The van der Waals surface area contributed by atoms with E-state index in [4.69, 9.17) is 9.47 Å². The Labute approximate surface area is 183 Å². The number of likely N-dealkylation sites (N-methyl/N-ethyl adjacent to an activating group) is 1. The molecule has 1 aliphatic heterocycles. The van der Waals surface area contributed by atoms with E-state index in [1.165, 1.54) is 6.07 Å². The summed E-state index contributed by atoms with van der Waals surface area (Å²) >= 11 is 0. The van der Waals surface area contributed by atoms with E-state index in [9.17, 15) is 27.9 Å². The first-order chi connectivity index (χ1) is 15.2. The van der Waals surface area contributed by atoms with E-state index in [0.29, 0.717) is 24.4 Å². The molecule has 0 radical (unpaired) electrons. The molecule has 9 heteroatoms. The van der Waals surface area contributed by atoms with Crippen LogP contribution < -0.4 is 4.74 Å². The Morgan fingerprint density at radius 2 is 2.09 bits per heavy atom. The fraction of sp³-hybridized carbons (Fsp3) is 0.652. The van der Waals surface area contributed by atoms with Crippen LogP contribution in [0.5, 0.6) is 11.5 Å². The summed E-state index contributed by atoms with van der Waals surface area (Å²) in [5.74, 6) is -2.11. The third-order valence-corrected chi connectivity index (χ3v) is 7.53. The van der Waals surface area contributed by atoms with Gasteiger partial charge in [-0.15, -0.1) is 0 Å². The van der Waals surface area contributed by atoms with Gasteiger partial charge < -0.3 is 14.6 Å². The predicted octanol–water partition coefficient (Wildman–Crippen LogP) is 3.14. The number of phenols is 1. The zero-order valence-corrected chi connectivity index (χ0v) is 17.8. The molecule has 4 atom stereocenters. The van der Waals surface area contributed by atoms with Crippen molar-refractivity contribution in [1.82, 2.24) is 4.90 Å². The molecule has 1 aromatic carbocycles. The van der Waals surface area contributed by atoms with Gasteiger partial charge in [0.25, 0.3) is 5.78 Å². The average Bonchev–Trinajstić information content (AvgIpc) is 3.47. The van der Waals surface area contributed by atoms with Crippen LogP contribution >= 0.6 is 0 Å². The normalized spacial score (nSPS) is 30.9. The molecule has 2 fully saturated rings. The highest BCUT2D eigenvalue weighted by Crippen LogP contribution is 2.59. The number of rotatable bonds is 7. The van der Waals surface area contributed by atoms with Crippen LogP contribution in [0.15, 0.2) is 12.1 Å². The van der Waals surface area contributed by atoms with Gasteiger partial charge in [-0.05, 0) is 49.8 Å². The van der Waals surface area contributed by atoms with E-state index in [-0.39, 0.29) is 36.2 Å². The highest BCUT2D eigenvalue weighted by Gasteiger charge is 2.64. The van der Waals surface area contributed by atoms with Crippen molar-refractivity contribution in [2.75, 3.05) is 19.7 Å². The van der Waals surface area contributed by atoms with Crippen LogP contribution in [0.3, 0.4) is 0 Å². The molecule has 0 amide bonds. The lowest BCUT2D eigenvalue weighted by Gasteiger charge is -2.54. The summed E-state index contributed by atoms with van der Waals surface area (Å²) in [4.78, 5) is 26.8. The smallest absolute Gasteiger partial charge is 0.452 e. The summed E-state index contributed by atoms with van der Waals surface area (Å²) in [6.07, 6.45) is -2.90. The maximum Gasteiger partial charge on any atom is 0.452 e. The van der Waals surface area contributed by atoms with Crippen molar-refractivity contribution in [3.8, 4) is 11.5 Å². The summed E-state index contributed by atoms with van der Waals surface area (Å²) in [5, 5.41) is 10.4. The summed E-state index contributed by atoms with van der Waals surface area (Å²) in [5.41, 5.74) is 0.359. The number of hydrogen-bond donors (Lipinski definition) is 1. The molecule has 1 aromatic rings. The summed E-state index contributed by atoms with van der Waals surface area (Å²) in [6.45, 7) is 2.38. The first kappa shape index (κ1) is 21.7. The van der Waals surface area contributed by atoms with E-state index in [0.717, 1.165) is 24.9 Å². The number of Topliss-reactive ketones (excluding diaryl/α,β-unsaturated/α-hetero) is 2. The fourth-order valence-electron chi connectivity index (χ4n) is 5.83. The van der Waals surface area contributed by atoms with Crippen LogP contribution in [0.25, 0.3) is 0 Å². The largest absolute Gasteiger partial charge is 0.504 e. The quantitative estimate of drug-likeness (QED) is 0.684. The number of carbonyl (C=O) groups is 2. The fourth-order valence-corrected chi connectivity index (χ4v) is 5.83. The average molecular weight is 453 g/mol. The van der Waals surface area contributed by atoms with Crippen LogP contribution in [-0.2, 0) is 20.7 Å². The molecule has 6 nitrogen and oxygen atoms in total. The molecular formula is C23H26F3NO5. The van der Waals surface area contributed by atoms with Gasteiger partial charge >= 0.3 is 6.18 Å². The van der Waals surface area contributed by atoms with Crippen molar-refractivity contribution in [2.45, 2.75) is 68.9 Å². The van der Waals surface area contributed by atoms with Gasteiger partial charge in [0.15, 0.2) is 23.4 Å². The van der Waals surface area contributed by atoms with Crippen molar-refractivity contribution in [3.63, 3.8) is 0 Å². The van der Waals surface area contributed by atoms with Crippen LogP contribution in [0.2, 0.25) is 0 Å². The van der Waals surface area contributed by atoms with Gasteiger partial charge in [0, 0.05) is 24.6 Å². The van der Waals surface area contributed by atoms with Gasteiger partial charge in [-0.3, -0.25) is 14.5 Å². The lowest BCUT2D eigenvalue weighted by atomic mass is 9.61. The molecule has 3 unspecified atom stereocenters. The third-order valence-electron chi connectivity index (χ3n) is 7.53. The SMILES string of the molecule is CCN(CC1CC1)[C@@H]1Cc2ccc(O)c3c2C2C(O3)C(=O)CCC21OCC(=O)C(F)(F)F. The molecule has 3 aliphatic carbocycles. The minimum Gasteiger partial charge on any atom is -0.504 e.